The van der Waals surface area contributed by atoms with E-state index in [0.29, 0.717) is 10.8 Å². The molecule has 2 aromatic rings. The van der Waals surface area contributed by atoms with E-state index in [1.165, 1.54) is 5.56 Å². The Labute approximate surface area is 181 Å². The third kappa shape index (κ3) is 3.41. The van der Waals surface area contributed by atoms with Crippen molar-refractivity contribution >= 4 is 29.1 Å². The molecule has 6 nitrogen and oxygen atoms in total. The Hall–Kier alpha value is -2.33. The molecule has 0 unspecified atom stereocenters. The standard InChI is InChI=1S/C23H25ClN4O2/c24-18-14-26-21(25)27-20(18)28-15-22(9-11-30-12-10-22)17-4-3-16(13-19(17)28)5-8-23(29)6-1-2-7-23/h3-4,13-14,29H,1-2,6-7,9-12,15H2,(H2,25,26,27). The lowest BCUT2D eigenvalue weighted by atomic mass is 9.76. The number of nitrogen functional groups attached to an aromatic ring is 1. The lowest BCUT2D eigenvalue weighted by molar-refractivity contribution is 0.0558. The first-order valence-corrected chi connectivity index (χ1v) is 10.9. The second-order valence-electron chi connectivity index (χ2n) is 8.60. The number of benzene rings is 1. The zero-order valence-electron chi connectivity index (χ0n) is 16.8. The van der Waals surface area contributed by atoms with E-state index in [0.717, 1.165) is 69.5 Å². The van der Waals surface area contributed by atoms with Crippen LogP contribution in [0.5, 0.6) is 0 Å². The van der Waals surface area contributed by atoms with Gasteiger partial charge in [-0.15, -0.1) is 0 Å². The van der Waals surface area contributed by atoms with Crippen LogP contribution in [-0.2, 0) is 10.2 Å². The van der Waals surface area contributed by atoms with Crippen LogP contribution in [0.25, 0.3) is 0 Å². The van der Waals surface area contributed by atoms with Gasteiger partial charge in [0.05, 0.1) is 6.20 Å². The quantitative estimate of drug-likeness (QED) is 0.681. The Morgan fingerprint density at radius 1 is 1.17 bits per heavy atom. The number of anilines is 3. The Morgan fingerprint density at radius 2 is 1.93 bits per heavy atom. The molecule has 156 valence electrons. The molecule has 1 aliphatic carbocycles. The fraction of sp³-hybridized carbons (Fsp3) is 0.478. The van der Waals surface area contributed by atoms with Gasteiger partial charge in [0.2, 0.25) is 5.95 Å². The predicted molar refractivity (Wildman–Crippen MR) is 117 cm³/mol. The smallest absolute Gasteiger partial charge is 0.222 e. The zero-order valence-corrected chi connectivity index (χ0v) is 17.6. The topological polar surface area (TPSA) is 84.5 Å². The first-order chi connectivity index (χ1) is 14.5. The number of hydrogen-bond donors (Lipinski definition) is 2. The van der Waals surface area contributed by atoms with E-state index in [9.17, 15) is 5.11 Å². The molecule has 0 atom stereocenters. The molecule has 1 aromatic heterocycles. The van der Waals surface area contributed by atoms with Crippen LogP contribution in [0.4, 0.5) is 17.5 Å². The SMILES string of the molecule is Nc1ncc(Cl)c(N2CC3(CCOCC3)c3ccc(C#CC4(O)CCCC4)cc32)n1. The summed E-state index contributed by atoms with van der Waals surface area (Å²) >= 11 is 6.47. The van der Waals surface area contributed by atoms with Crippen molar-refractivity contribution in [2.75, 3.05) is 30.4 Å². The fourth-order valence-corrected chi connectivity index (χ4v) is 5.16. The number of aliphatic hydroxyl groups is 1. The summed E-state index contributed by atoms with van der Waals surface area (Å²) in [7, 11) is 0. The van der Waals surface area contributed by atoms with Gasteiger partial charge >= 0.3 is 0 Å². The summed E-state index contributed by atoms with van der Waals surface area (Å²) in [5, 5.41) is 11.1. The molecule has 1 saturated heterocycles. The van der Waals surface area contributed by atoms with E-state index in [1.54, 1.807) is 6.20 Å². The van der Waals surface area contributed by atoms with Crippen LogP contribution < -0.4 is 10.6 Å². The molecule has 30 heavy (non-hydrogen) atoms. The van der Waals surface area contributed by atoms with Gasteiger partial charge < -0.3 is 20.5 Å². The van der Waals surface area contributed by atoms with Crippen molar-refractivity contribution in [2.24, 2.45) is 0 Å². The van der Waals surface area contributed by atoms with Gasteiger partial charge in [0.25, 0.3) is 0 Å². The highest BCUT2D eigenvalue weighted by Crippen LogP contribution is 2.50. The van der Waals surface area contributed by atoms with Gasteiger partial charge in [-0.25, -0.2) is 4.98 Å². The summed E-state index contributed by atoms with van der Waals surface area (Å²) in [5.74, 6) is 7.13. The minimum atomic E-state index is -0.856. The molecule has 3 heterocycles. The molecule has 1 saturated carbocycles. The van der Waals surface area contributed by atoms with Crippen molar-refractivity contribution in [2.45, 2.75) is 49.5 Å². The highest BCUT2D eigenvalue weighted by molar-refractivity contribution is 6.33. The molecule has 5 rings (SSSR count). The highest BCUT2D eigenvalue weighted by atomic mass is 35.5. The monoisotopic (exact) mass is 424 g/mol. The molecule has 0 amide bonds. The van der Waals surface area contributed by atoms with Crippen LogP contribution in [0, 0.1) is 11.8 Å². The van der Waals surface area contributed by atoms with E-state index in [-0.39, 0.29) is 11.4 Å². The van der Waals surface area contributed by atoms with E-state index in [2.05, 4.69) is 44.9 Å². The third-order valence-electron chi connectivity index (χ3n) is 6.64. The Morgan fingerprint density at radius 3 is 2.70 bits per heavy atom. The first-order valence-electron chi connectivity index (χ1n) is 10.5. The number of aromatic nitrogens is 2. The summed E-state index contributed by atoms with van der Waals surface area (Å²) in [6, 6.07) is 6.31. The van der Waals surface area contributed by atoms with E-state index < -0.39 is 5.60 Å². The maximum atomic E-state index is 10.6. The predicted octanol–water partition coefficient (Wildman–Crippen LogP) is 3.57. The molecule has 3 N–H and O–H groups in total. The van der Waals surface area contributed by atoms with Gasteiger partial charge in [-0.3, -0.25) is 0 Å². The molecule has 0 radical (unpaired) electrons. The number of halogens is 1. The summed E-state index contributed by atoms with van der Waals surface area (Å²) in [6.07, 6.45) is 6.99. The normalized spacial score (nSPS) is 21.3. The number of nitrogens with two attached hydrogens (primary N) is 1. The van der Waals surface area contributed by atoms with E-state index >= 15 is 0 Å². The van der Waals surface area contributed by atoms with Crippen LogP contribution >= 0.6 is 11.6 Å². The Balaban J connectivity index is 1.58. The van der Waals surface area contributed by atoms with Crippen LogP contribution in [0.3, 0.4) is 0 Å². The molecule has 2 aliphatic heterocycles. The molecular formula is C23H25ClN4O2. The highest BCUT2D eigenvalue weighted by Gasteiger charge is 2.45. The van der Waals surface area contributed by atoms with Crippen molar-refractivity contribution in [1.82, 2.24) is 9.97 Å². The molecule has 1 aromatic carbocycles. The maximum Gasteiger partial charge on any atom is 0.222 e. The van der Waals surface area contributed by atoms with Gasteiger partial charge in [0.1, 0.15) is 10.6 Å². The molecular weight excluding hydrogens is 400 g/mol. The van der Waals surface area contributed by atoms with E-state index in [1.807, 2.05) is 0 Å². The summed E-state index contributed by atoms with van der Waals surface area (Å²) in [6.45, 7) is 2.24. The van der Waals surface area contributed by atoms with Gasteiger partial charge in [-0.1, -0.05) is 29.5 Å². The number of rotatable bonds is 1. The minimum Gasteiger partial charge on any atom is -0.381 e. The van der Waals surface area contributed by atoms with E-state index in [4.69, 9.17) is 22.1 Å². The second-order valence-corrected chi connectivity index (χ2v) is 9.01. The average Bonchev–Trinajstić information content (AvgIpc) is 3.31. The lowest BCUT2D eigenvalue weighted by Crippen LogP contribution is -2.37. The van der Waals surface area contributed by atoms with Gasteiger partial charge in [0.15, 0.2) is 5.82 Å². The molecule has 3 aliphatic rings. The van der Waals surface area contributed by atoms with Gasteiger partial charge in [0, 0.05) is 36.4 Å². The summed E-state index contributed by atoms with van der Waals surface area (Å²) in [5.41, 5.74) is 8.19. The third-order valence-corrected chi connectivity index (χ3v) is 6.91. The average molecular weight is 425 g/mol. The van der Waals surface area contributed by atoms with Crippen molar-refractivity contribution in [1.29, 1.82) is 0 Å². The maximum absolute atomic E-state index is 10.6. The van der Waals surface area contributed by atoms with Crippen molar-refractivity contribution in [3.05, 3.63) is 40.5 Å². The summed E-state index contributed by atoms with van der Waals surface area (Å²) < 4.78 is 5.65. The molecule has 7 heteroatoms. The van der Waals surface area contributed by atoms with Crippen LogP contribution in [-0.4, -0.2) is 40.4 Å². The number of nitrogens with zero attached hydrogens (tertiary/aromatic N) is 3. The molecule has 2 fully saturated rings. The number of hydrogen-bond acceptors (Lipinski definition) is 6. The minimum absolute atomic E-state index is 0.00770. The largest absolute Gasteiger partial charge is 0.381 e. The second kappa shape index (κ2) is 7.42. The summed E-state index contributed by atoms with van der Waals surface area (Å²) in [4.78, 5) is 10.6. The van der Waals surface area contributed by atoms with Crippen LogP contribution in [0.15, 0.2) is 24.4 Å². The van der Waals surface area contributed by atoms with Crippen molar-refractivity contribution in [3.8, 4) is 11.8 Å². The molecule has 1 spiro atoms. The lowest BCUT2D eigenvalue weighted by Gasteiger charge is -2.34. The Bertz CT molecular complexity index is 1030. The van der Waals surface area contributed by atoms with Crippen molar-refractivity contribution < 1.29 is 9.84 Å². The first kappa shape index (κ1) is 19.6. The van der Waals surface area contributed by atoms with Crippen molar-refractivity contribution in [3.63, 3.8) is 0 Å². The van der Waals surface area contributed by atoms with Gasteiger partial charge in [-0.05, 0) is 56.2 Å². The molecule has 0 bridgehead atoms. The van der Waals surface area contributed by atoms with Crippen LogP contribution in [0.1, 0.15) is 49.7 Å². The fourth-order valence-electron chi connectivity index (χ4n) is 4.97. The Kier molecular flexibility index (Phi) is 4.85. The number of fused-ring (bicyclic) bond motifs is 2. The van der Waals surface area contributed by atoms with Gasteiger partial charge in [-0.2, -0.15) is 4.98 Å². The van der Waals surface area contributed by atoms with Crippen LogP contribution in [0.2, 0.25) is 5.02 Å². The zero-order chi connectivity index (χ0) is 20.8. The number of ether oxygens (including phenoxy) is 1.